The molecule has 0 unspecified atom stereocenters. The Balaban J connectivity index is 2.64. The zero-order valence-electron chi connectivity index (χ0n) is 8.51. The Morgan fingerprint density at radius 1 is 1.07 bits per heavy atom. The first-order chi connectivity index (χ1) is 7.33. The topological polar surface area (TPSA) is 38.1 Å². The minimum atomic E-state index is 0.869. The maximum Gasteiger partial charge on any atom is 0.0701 e. The van der Waals surface area contributed by atoms with Crippen LogP contribution in [0.15, 0.2) is 41.7 Å². The predicted octanol–water partition coefficient (Wildman–Crippen LogP) is 2.78. The van der Waals surface area contributed by atoms with Crippen molar-refractivity contribution in [3.63, 3.8) is 0 Å². The van der Waals surface area contributed by atoms with Crippen LogP contribution in [0.1, 0.15) is 5.56 Å². The van der Waals surface area contributed by atoms with Gasteiger partial charge in [0.1, 0.15) is 0 Å². The first-order valence-electron chi connectivity index (χ1n) is 4.66. The maximum atomic E-state index is 3.99. The van der Waals surface area contributed by atoms with Crippen LogP contribution in [0.2, 0.25) is 0 Å². The molecule has 0 saturated carbocycles. The quantitative estimate of drug-likeness (QED) is 0.694. The highest BCUT2D eigenvalue weighted by atomic mass is 15.1. The lowest BCUT2D eigenvalue weighted by atomic mass is 10.0. The highest BCUT2D eigenvalue weighted by Crippen LogP contribution is 2.30. The second-order valence-electron chi connectivity index (χ2n) is 3.26. The van der Waals surface area contributed by atoms with Gasteiger partial charge in [-0.1, -0.05) is 18.2 Å². The first kappa shape index (κ1) is 9.52. The Hall–Kier alpha value is -2.03. The van der Waals surface area contributed by atoms with Crippen LogP contribution in [0.25, 0.3) is 11.1 Å². The van der Waals surface area contributed by atoms with Gasteiger partial charge in [-0.05, 0) is 25.3 Å². The molecule has 0 aliphatic rings. The highest BCUT2D eigenvalue weighted by molar-refractivity contribution is 5.78. The predicted molar refractivity (Wildman–Crippen MR) is 61.4 cm³/mol. The van der Waals surface area contributed by atoms with Gasteiger partial charge in [0.25, 0.3) is 0 Å². The first-order valence-corrected chi connectivity index (χ1v) is 4.66. The lowest BCUT2D eigenvalue weighted by Crippen LogP contribution is -1.88. The Morgan fingerprint density at radius 2 is 1.80 bits per heavy atom. The van der Waals surface area contributed by atoms with Crippen molar-refractivity contribution in [2.75, 3.05) is 0 Å². The monoisotopic (exact) mass is 197 g/mol. The van der Waals surface area contributed by atoms with E-state index in [0.29, 0.717) is 0 Å². The van der Waals surface area contributed by atoms with Gasteiger partial charge in [-0.25, -0.2) is 0 Å². The maximum absolute atomic E-state index is 3.99. The molecular formula is C12H11N3. The van der Waals surface area contributed by atoms with E-state index in [4.69, 9.17) is 0 Å². The van der Waals surface area contributed by atoms with Crippen molar-refractivity contribution in [1.29, 1.82) is 0 Å². The van der Waals surface area contributed by atoms with Crippen molar-refractivity contribution in [3.8, 4) is 11.1 Å². The zero-order chi connectivity index (χ0) is 10.7. The SMILES string of the molecule is C=Nc1ccccc1-c1cnncc1C. The number of aryl methyl sites for hydroxylation is 1. The summed E-state index contributed by atoms with van der Waals surface area (Å²) in [7, 11) is 0. The summed E-state index contributed by atoms with van der Waals surface area (Å²) in [6.07, 6.45) is 3.49. The lowest BCUT2D eigenvalue weighted by molar-refractivity contribution is 1.02. The zero-order valence-corrected chi connectivity index (χ0v) is 8.51. The van der Waals surface area contributed by atoms with E-state index in [1.807, 2.05) is 31.2 Å². The Labute approximate surface area is 88.5 Å². The molecule has 15 heavy (non-hydrogen) atoms. The van der Waals surface area contributed by atoms with Gasteiger partial charge in [0, 0.05) is 11.1 Å². The van der Waals surface area contributed by atoms with Crippen molar-refractivity contribution >= 4 is 12.4 Å². The smallest absolute Gasteiger partial charge is 0.0701 e. The molecule has 3 heteroatoms. The van der Waals surface area contributed by atoms with E-state index in [1.54, 1.807) is 12.4 Å². The Morgan fingerprint density at radius 3 is 2.53 bits per heavy atom. The van der Waals surface area contributed by atoms with Crippen LogP contribution >= 0.6 is 0 Å². The molecule has 0 amide bonds. The molecule has 0 fully saturated rings. The molecule has 2 rings (SSSR count). The average molecular weight is 197 g/mol. The number of hydrogen-bond acceptors (Lipinski definition) is 3. The largest absolute Gasteiger partial charge is 0.264 e. The Bertz CT molecular complexity index is 492. The molecule has 0 N–H and O–H groups in total. The molecule has 74 valence electrons. The molecule has 2 aromatic rings. The molecule has 1 aromatic carbocycles. The van der Waals surface area contributed by atoms with E-state index in [1.165, 1.54) is 0 Å². The van der Waals surface area contributed by atoms with Crippen LogP contribution in [-0.4, -0.2) is 16.9 Å². The van der Waals surface area contributed by atoms with Gasteiger partial charge < -0.3 is 0 Å². The second kappa shape index (κ2) is 4.00. The minimum Gasteiger partial charge on any atom is -0.264 e. The van der Waals surface area contributed by atoms with Gasteiger partial charge in [-0.3, -0.25) is 4.99 Å². The van der Waals surface area contributed by atoms with E-state index < -0.39 is 0 Å². The average Bonchev–Trinajstić information content (AvgIpc) is 2.30. The van der Waals surface area contributed by atoms with Gasteiger partial charge in [0.2, 0.25) is 0 Å². The number of para-hydroxylation sites is 1. The highest BCUT2D eigenvalue weighted by Gasteiger charge is 2.05. The summed E-state index contributed by atoms with van der Waals surface area (Å²) in [5.41, 5.74) is 4.04. The van der Waals surface area contributed by atoms with Crippen molar-refractivity contribution < 1.29 is 0 Å². The molecule has 0 bridgehead atoms. The number of aromatic nitrogens is 2. The summed E-state index contributed by atoms with van der Waals surface area (Å²) in [4.78, 5) is 3.99. The van der Waals surface area contributed by atoms with Crippen LogP contribution < -0.4 is 0 Å². The summed E-state index contributed by atoms with van der Waals surface area (Å²) in [6, 6.07) is 7.86. The van der Waals surface area contributed by atoms with Gasteiger partial charge in [-0.15, -0.1) is 0 Å². The van der Waals surface area contributed by atoms with E-state index in [2.05, 4.69) is 21.9 Å². The summed E-state index contributed by atoms with van der Waals surface area (Å²) in [5.74, 6) is 0. The minimum absolute atomic E-state index is 0.869. The number of nitrogens with zero attached hydrogens (tertiary/aromatic N) is 3. The molecule has 1 aromatic heterocycles. The second-order valence-corrected chi connectivity index (χ2v) is 3.26. The third-order valence-electron chi connectivity index (χ3n) is 2.29. The van der Waals surface area contributed by atoms with Gasteiger partial charge in [-0.2, -0.15) is 10.2 Å². The van der Waals surface area contributed by atoms with Crippen LogP contribution in [0, 0.1) is 6.92 Å². The molecule has 0 atom stereocenters. The van der Waals surface area contributed by atoms with E-state index in [0.717, 1.165) is 22.4 Å². The van der Waals surface area contributed by atoms with E-state index in [-0.39, 0.29) is 0 Å². The fraction of sp³-hybridized carbons (Fsp3) is 0.0833. The van der Waals surface area contributed by atoms with Gasteiger partial charge in [0.15, 0.2) is 0 Å². The number of benzene rings is 1. The molecule has 3 nitrogen and oxygen atoms in total. The summed E-state index contributed by atoms with van der Waals surface area (Å²) in [5, 5.41) is 7.71. The lowest BCUT2D eigenvalue weighted by Gasteiger charge is -2.06. The van der Waals surface area contributed by atoms with Gasteiger partial charge >= 0.3 is 0 Å². The van der Waals surface area contributed by atoms with Crippen molar-refractivity contribution in [2.45, 2.75) is 6.92 Å². The third-order valence-corrected chi connectivity index (χ3v) is 2.29. The molecule has 1 heterocycles. The standard InChI is InChI=1S/C12H11N3/c1-9-7-14-15-8-11(9)10-5-3-4-6-12(10)13-2/h3-8H,2H2,1H3. The summed E-state index contributed by atoms with van der Waals surface area (Å²) < 4.78 is 0. The number of hydrogen-bond donors (Lipinski definition) is 0. The number of aliphatic imine (C=N–C) groups is 1. The van der Waals surface area contributed by atoms with Crippen molar-refractivity contribution in [1.82, 2.24) is 10.2 Å². The fourth-order valence-corrected chi connectivity index (χ4v) is 1.50. The molecule has 0 aliphatic carbocycles. The molecule has 0 saturated heterocycles. The molecule has 0 spiro atoms. The van der Waals surface area contributed by atoms with Crippen molar-refractivity contribution in [2.24, 2.45) is 4.99 Å². The van der Waals surface area contributed by atoms with Crippen LogP contribution in [0.3, 0.4) is 0 Å². The van der Waals surface area contributed by atoms with Crippen LogP contribution in [-0.2, 0) is 0 Å². The van der Waals surface area contributed by atoms with Crippen LogP contribution in [0.4, 0.5) is 5.69 Å². The molecular weight excluding hydrogens is 186 g/mol. The molecule has 0 aliphatic heterocycles. The third kappa shape index (κ3) is 1.76. The van der Waals surface area contributed by atoms with E-state index in [9.17, 15) is 0 Å². The van der Waals surface area contributed by atoms with Crippen LogP contribution in [0.5, 0.6) is 0 Å². The Kier molecular flexibility index (Phi) is 2.54. The summed E-state index contributed by atoms with van der Waals surface area (Å²) >= 11 is 0. The molecule has 0 radical (unpaired) electrons. The normalized spacial score (nSPS) is 9.93. The van der Waals surface area contributed by atoms with Crippen molar-refractivity contribution in [3.05, 3.63) is 42.2 Å². The van der Waals surface area contributed by atoms with Gasteiger partial charge in [0.05, 0.1) is 18.1 Å². The van der Waals surface area contributed by atoms with E-state index >= 15 is 0 Å². The number of rotatable bonds is 2. The summed E-state index contributed by atoms with van der Waals surface area (Å²) in [6.45, 7) is 5.56. The fourth-order valence-electron chi connectivity index (χ4n) is 1.50.